The van der Waals surface area contributed by atoms with Gasteiger partial charge in [-0.1, -0.05) is 11.6 Å². The first kappa shape index (κ1) is 22.2. The number of nitro benzene ring substituents is 1. The number of benzene rings is 1. The summed E-state index contributed by atoms with van der Waals surface area (Å²) in [5.74, 6) is -1.07. The van der Waals surface area contributed by atoms with Gasteiger partial charge in [-0.15, -0.1) is 0 Å². The van der Waals surface area contributed by atoms with Crippen LogP contribution in [-0.2, 0) is 14.3 Å². The fourth-order valence-electron chi connectivity index (χ4n) is 2.35. The summed E-state index contributed by atoms with van der Waals surface area (Å²) in [4.78, 5) is 35.0. The van der Waals surface area contributed by atoms with Crippen LogP contribution in [0.1, 0.15) is 33.7 Å². The second kappa shape index (κ2) is 9.37. The van der Waals surface area contributed by atoms with Gasteiger partial charge in [-0.3, -0.25) is 14.9 Å². The number of rotatable bonds is 8. The summed E-state index contributed by atoms with van der Waals surface area (Å²) in [5, 5.41) is 18.0. The van der Waals surface area contributed by atoms with E-state index in [9.17, 15) is 19.7 Å². The van der Waals surface area contributed by atoms with E-state index in [0.717, 1.165) is 6.07 Å². The Bertz CT molecular complexity index is 914. The van der Waals surface area contributed by atoms with Gasteiger partial charge in [0.25, 0.3) is 5.91 Å². The van der Waals surface area contributed by atoms with E-state index >= 15 is 0 Å². The Hall–Kier alpha value is -3.14. The van der Waals surface area contributed by atoms with Gasteiger partial charge in [0.1, 0.15) is 5.82 Å². The number of hydrogen-bond acceptors (Lipinski definition) is 7. The molecule has 0 fully saturated rings. The highest BCUT2D eigenvalue weighted by molar-refractivity contribution is 6.30. The van der Waals surface area contributed by atoms with E-state index < -0.39 is 29.0 Å². The molecular formula is C18H21ClN4O6. The van der Waals surface area contributed by atoms with Gasteiger partial charge in [0.2, 0.25) is 0 Å². The lowest BCUT2D eigenvalue weighted by Gasteiger charge is -2.18. The van der Waals surface area contributed by atoms with Gasteiger partial charge in [0.05, 0.1) is 11.1 Å². The summed E-state index contributed by atoms with van der Waals surface area (Å²) in [6.07, 6.45) is -0.767. The standard InChI is InChI=1S/C18H21ClN4O6/c1-10(2)22-16(7-8-20-22)21-17(24)11(3)29-18(25)12(4)28-15-6-5-13(19)9-14(15)23(26)27/h5-12H,1-4H3,(H,21,24). The molecule has 156 valence electrons. The molecule has 0 spiro atoms. The number of nitrogens with zero attached hydrogens (tertiary/aromatic N) is 3. The van der Waals surface area contributed by atoms with Crippen LogP contribution < -0.4 is 10.1 Å². The molecule has 29 heavy (non-hydrogen) atoms. The molecule has 1 aromatic heterocycles. The zero-order valence-electron chi connectivity index (χ0n) is 16.3. The molecule has 0 bridgehead atoms. The van der Waals surface area contributed by atoms with Gasteiger partial charge < -0.3 is 14.8 Å². The van der Waals surface area contributed by atoms with E-state index in [2.05, 4.69) is 10.4 Å². The molecule has 11 heteroatoms. The zero-order chi connectivity index (χ0) is 21.7. The van der Waals surface area contributed by atoms with Crippen molar-refractivity contribution in [2.45, 2.75) is 45.9 Å². The van der Waals surface area contributed by atoms with Crippen LogP contribution in [0.4, 0.5) is 11.5 Å². The Labute approximate surface area is 171 Å². The Morgan fingerprint density at radius 3 is 2.52 bits per heavy atom. The third kappa shape index (κ3) is 5.67. The van der Waals surface area contributed by atoms with E-state index in [1.165, 1.54) is 26.0 Å². The van der Waals surface area contributed by atoms with E-state index in [1.54, 1.807) is 16.9 Å². The van der Waals surface area contributed by atoms with Gasteiger partial charge >= 0.3 is 11.7 Å². The third-order valence-corrected chi connectivity index (χ3v) is 4.06. The second-order valence-electron chi connectivity index (χ2n) is 6.45. The average molecular weight is 425 g/mol. The summed E-state index contributed by atoms with van der Waals surface area (Å²) in [7, 11) is 0. The van der Waals surface area contributed by atoms with Crippen LogP contribution in [0.25, 0.3) is 0 Å². The van der Waals surface area contributed by atoms with Crippen molar-refractivity contribution in [2.24, 2.45) is 0 Å². The van der Waals surface area contributed by atoms with Crippen LogP contribution in [-0.4, -0.2) is 38.8 Å². The Balaban J connectivity index is 1.99. The Morgan fingerprint density at radius 2 is 1.90 bits per heavy atom. The van der Waals surface area contributed by atoms with Crippen LogP contribution in [0.15, 0.2) is 30.5 Å². The largest absolute Gasteiger partial charge is 0.472 e. The number of carbonyl (C=O) groups is 2. The number of ether oxygens (including phenoxy) is 2. The SMILES string of the molecule is CC(OC(=O)C(C)Oc1ccc(Cl)cc1[N+](=O)[O-])C(=O)Nc1ccnn1C(C)C. The van der Waals surface area contributed by atoms with Crippen molar-refractivity contribution in [3.05, 3.63) is 45.6 Å². The van der Waals surface area contributed by atoms with Crippen LogP contribution in [0.5, 0.6) is 5.75 Å². The first-order valence-electron chi connectivity index (χ1n) is 8.75. The monoisotopic (exact) mass is 424 g/mol. The molecule has 1 amide bonds. The maximum atomic E-state index is 12.3. The summed E-state index contributed by atoms with van der Waals surface area (Å²) >= 11 is 5.75. The van der Waals surface area contributed by atoms with Crippen molar-refractivity contribution in [1.29, 1.82) is 0 Å². The van der Waals surface area contributed by atoms with Gasteiger partial charge in [-0.05, 0) is 39.8 Å². The summed E-state index contributed by atoms with van der Waals surface area (Å²) in [5.41, 5.74) is -0.384. The minimum atomic E-state index is -1.19. The van der Waals surface area contributed by atoms with Crippen molar-refractivity contribution < 1.29 is 24.0 Å². The number of aromatic nitrogens is 2. The topological polar surface area (TPSA) is 126 Å². The molecule has 2 atom stereocenters. The van der Waals surface area contributed by atoms with Gasteiger partial charge in [0.15, 0.2) is 18.0 Å². The molecule has 0 saturated carbocycles. The molecule has 1 N–H and O–H groups in total. The van der Waals surface area contributed by atoms with E-state index in [0.29, 0.717) is 5.82 Å². The third-order valence-electron chi connectivity index (χ3n) is 3.83. The van der Waals surface area contributed by atoms with E-state index in [-0.39, 0.29) is 22.5 Å². The van der Waals surface area contributed by atoms with Crippen molar-refractivity contribution in [3.63, 3.8) is 0 Å². The summed E-state index contributed by atoms with van der Waals surface area (Å²) in [6, 6.07) is 5.45. The molecule has 2 unspecified atom stereocenters. The lowest BCUT2D eigenvalue weighted by Crippen LogP contribution is -2.35. The van der Waals surface area contributed by atoms with Crippen molar-refractivity contribution in [1.82, 2.24) is 9.78 Å². The fourth-order valence-corrected chi connectivity index (χ4v) is 2.51. The Morgan fingerprint density at radius 1 is 1.21 bits per heavy atom. The molecule has 2 rings (SSSR count). The van der Waals surface area contributed by atoms with Gasteiger partial charge in [-0.25, -0.2) is 9.48 Å². The first-order chi connectivity index (χ1) is 13.6. The molecule has 10 nitrogen and oxygen atoms in total. The smallest absolute Gasteiger partial charge is 0.347 e. The number of nitrogens with one attached hydrogen (secondary N) is 1. The molecule has 0 aliphatic carbocycles. The summed E-state index contributed by atoms with van der Waals surface area (Å²) < 4.78 is 12.1. The van der Waals surface area contributed by atoms with Crippen molar-refractivity contribution >= 4 is 35.0 Å². The molecule has 0 aliphatic rings. The number of halogens is 1. The lowest BCUT2D eigenvalue weighted by atomic mass is 10.3. The number of hydrogen-bond donors (Lipinski definition) is 1. The molecule has 0 saturated heterocycles. The van der Waals surface area contributed by atoms with E-state index in [1.807, 2.05) is 13.8 Å². The predicted octanol–water partition coefficient (Wildman–Crippen LogP) is 3.36. The predicted molar refractivity (Wildman–Crippen MR) is 105 cm³/mol. The number of amides is 1. The quantitative estimate of drug-likeness (QED) is 0.391. The molecular weight excluding hydrogens is 404 g/mol. The summed E-state index contributed by atoms with van der Waals surface area (Å²) in [6.45, 7) is 6.57. The maximum absolute atomic E-state index is 12.3. The second-order valence-corrected chi connectivity index (χ2v) is 6.89. The minimum Gasteiger partial charge on any atom is -0.472 e. The Kier molecular flexibility index (Phi) is 7.16. The highest BCUT2D eigenvalue weighted by atomic mass is 35.5. The van der Waals surface area contributed by atoms with Gasteiger partial charge in [-0.2, -0.15) is 5.10 Å². The van der Waals surface area contributed by atoms with Crippen molar-refractivity contribution in [3.8, 4) is 5.75 Å². The number of esters is 1. The van der Waals surface area contributed by atoms with Crippen LogP contribution >= 0.6 is 11.6 Å². The van der Waals surface area contributed by atoms with E-state index in [4.69, 9.17) is 21.1 Å². The molecule has 2 aromatic rings. The van der Waals surface area contributed by atoms with Crippen LogP contribution in [0.3, 0.4) is 0 Å². The number of carbonyl (C=O) groups excluding carboxylic acids is 2. The first-order valence-corrected chi connectivity index (χ1v) is 9.13. The maximum Gasteiger partial charge on any atom is 0.347 e. The fraction of sp³-hybridized carbons (Fsp3) is 0.389. The number of nitro groups is 1. The zero-order valence-corrected chi connectivity index (χ0v) is 17.0. The van der Waals surface area contributed by atoms with Gasteiger partial charge in [0, 0.05) is 23.2 Å². The molecule has 1 heterocycles. The van der Waals surface area contributed by atoms with Crippen LogP contribution in [0, 0.1) is 10.1 Å². The molecule has 1 aromatic carbocycles. The highest BCUT2D eigenvalue weighted by Crippen LogP contribution is 2.30. The van der Waals surface area contributed by atoms with Crippen LogP contribution in [0.2, 0.25) is 5.02 Å². The number of anilines is 1. The molecule has 0 aliphatic heterocycles. The average Bonchev–Trinajstić information content (AvgIpc) is 3.11. The molecule has 0 radical (unpaired) electrons. The lowest BCUT2D eigenvalue weighted by molar-refractivity contribution is -0.386. The minimum absolute atomic E-state index is 0.0294. The normalized spacial score (nSPS) is 12.9. The van der Waals surface area contributed by atoms with Crippen molar-refractivity contribution in [2.75, 3.05) is 5.32 Å². The highest BCUT2D eigenvalue weighted by Gasteiger charge is 2.26.